The van der Waals surface area contributed by atoms with E-state index in [0.717, 1.165) is 23.9 Å². The molecule has 0 bridgehead atoms. The van der Waals surface area contributed by atoms with Gasteiger partial charge in [0.1, 0.15) is 11.6 Å². The number of carbonyl (C=O) groups is 3. The second kappa shape index (κ2) is 14.7. The molecule has 0 radical (unpaired) electrons. The van der Waals surface area contributed by atoms with E-state index in [-0.39, 0.29) is 30.8 Å². The quantitative estimate of drug-likeness (QED) is 0.582. The van der Waals surface area contributed by atoms with Crippen molar-refractivity contribution in [1.29, 1.82) is 0 Å². The first-order valence-electron chi connectivity index (χ1n) is 8.28. The summed E-state index contributed by atoms with van der Waals surface area (Å²) in [7, 11) is 3.82. The molecule has 29 heavy (non-hydrogen) atoms. The number of nitrogens with zero attached hydrogens (tertiary/aromatic N) is 3. The van der Waals surface area contributed by atoms with Crippen LogP contribution >= 0.6 is 0 Å². The predicted molar refractivity (Wildman–Crippen MR) is 100 cm³/mol. The number of H-pyrrole nitrogens is 1. The lowest BCUT2D eigenvalue weighted by molar-refractivity contribution is -0.131. The van der Waals surface area contributed by atoms with Gasteiger partial charge in [-0.3, -0.25) is 14.4 Å². The van der Waals surface area contributed by atoms with Crippen molar-refractivity contribution >= 4 is 18.9 Å². The fraction of sp³-hybridized carbons (Fsp3) is 0.333. The highest BCUT2D eigenvalue weighted by Crippen LogP contribution is 2.12. The lowest BCUT2D eigenvalue weighted by Gasteiger charge is -2.24. The third-order valence-electron chi connectivity index (χ3n) is 3.44. The Bertz CT molecular complexity index is 736. The molecule has 3 N–H and O–H groups in total. The van der Waals surface area contributed by atoms with Crippen molar-refractivity contribution < 1.29 is 33.4 Å². The Hall–Kier alpha value is -3.34. The van der Waals surface area contributed by atoms with Gasteiger partial charge >= 0.3 is 0 Å². The molecule has 0 atom stereocenters. The number of amides is 1. The molecule has 0 unspecified atom stereocenters. The van der Waals surface area contributed by atoms with Crippen LogP contribution in [-0.4, -0.2) is 76.0 Å². The Labute approximate surface area is 166 Å². The predicted octanol–water partition coefficient (Wildman–Crippen LogP) is 1.22. The molecule has 0 saturated heterocycles. The number of aromatic amines is 1. The molecular weight excluding hydrogens is 390 g/mol. The molecule has 1 aromatic carbocycles. The van der Waals surface area contributed by atoms with Crippen molar-refractivity contribution in [2.45, 2.75) is 13.0 Å². The highest BCUT2D eigenvalue weighted by atomic mass is 19.1. The summed E-state index contributed by atoms with van der Waals surface area (Å²) in [5, 5.41) is 13.8. The molecule has 1 aromatic heterocycles. The van der Waals surface area contributed by atoms with Crippen molar-refractivity contribution in [1.82, 2.24) is 19.8 Å². The van der Waals surface area contributed by atoms with Crippen molar-refractivity contribution in [3.8, 4) is 0 Å². The van der Waals surface area contributed by atoms with E-state index in [1.807, 2.05) is 19.0 Å². The molecule has 0 aliphatic heterocycles. The number of rotatable bonds is 7. The van der Waals surface area contributed by atoms with Crippen LogP contribution in [0.1, 0.15) is 11.3 Å². The smallest absolute Gasteiger partial charge is 0.290 e. The molecule has 1 heterocycles. The fourth-order valence-electron chi connectivity index (χ4n) is 2.14. The largest absolute Gasteiger partial charge is 0.483 e. The number of carbonyl (C=O) groups excluding carboxylic acids is 1. The second-order valence-corrected chi connectivity index (χ2v) is 5.82. The number of carboxylic acid groups (broad SMARTS) is 2. The Balaban J connectivity index is 0.00000116. The van der Waals surface area contributed by atoms with Crippen molar-refractivity contribution in [2.75, 3.05) is 27.2 Å². The average Bonchev–Trinajstić information content (AvgIpc) is 3.16. The number of likely N-dealkylation sites (N-methyl/N-ethyl adjacent to an activating group) is 1. The summed E-state index contributed by atoms with van der Waals surface area (Å²) >= 11 is 0. The first kappa shape index (κ1) is 25.7. The molecule has 0 spiro atoms. The first-order valence-corrected chi connectivity index (χ1v) is 8.28. The molecule has 0 fully saturated rings. The van der Waals surface area contributed by atoms with Gasteiger partial charge in [0, 0.05) is 24.8 Å². The summed E-state index contributed by atoms with van der Waals surface area (Å²) < 4.78 is 27.0. The molecule has 1 amide bonds. The minimum atomic E-state index is -0.575. The van der Waals surface area contributed by atoms with Gasteiger partial charge in [0.15, 0.2) is 0 Å². The van der Waals surface area contributed by atoms with Crippen LogP contribution in [-0.2, 0) is 27.3 Å². The standard InChI is InChI=1S/C16H20F2N4O.2CH2O2/c1-21(2)5-6-22(10-14-9-19-11-20-14)16(23)8-12-7-13(17)3-4-15(12)18;2*2-1-3/h3-4,7,9,11H,5-6,8,10H2,1-2H3,(H,19,20);2*1H,(H,2,3). The molecule has 11 heteroatoms. The van der Waals surface area contributed by atoms with Crippen LogP contribution < -0.4 is 0 Å². The van der Waals surface area contributed by atoms with Gasteiger partial charge in [-0.1, -0.05) is 0 Å². The van der Waals surface area contributed by atoms with Crippen molar-refractivity contribution in [2.24, 2.45) is 0 Å². The van der Waals surface area contributed by atoms with Crippen LogP contribution in [0.3, 0.4) is 0 Å². The van der Waals surface area contributed by atoms with E-state index in [2.05, 4.69) is 9.97 Å². The van der Waals surface area contributed by atoms with E-state index in [1.54, 1.807) is 11.1 Å². The van der Waals surface area contributed by atoms with Crippen molar-refractivity contribution in [3.05, 3.63) is 53.6 Å². The van der Waals surface area contributed by atoms with Crippen LogP contribution in [0.4, 0.5) is 8.78 Å². The number of imidazole rings is 1. The van der Waals surface area contributed by atoms with Gasteiger partial charge in [-0.2, -0.15) is 0 Å². The number of nitrogens with one attached hydrogen (secondary N) is 1. The number of hydrogen-bond donors (Lipinski definition) is 3. The van der Waals surface area contributed by atoms with E-state index in [0.29, 0.717) is 19.6 Å². The van der Waals surface area contributed by atoms with Gasteiger partial charge in [0.2, 0.25) is 5.91 Å². The fourth-order valence-corrected chi connectivity index (χ4v) is 2.14. The molecule has 0 aliphatic rings. The van der Waals surface area contributed by atoms with E-state index >= 15 is 0 Å². The first-order chi connectivity index (χ1) is 13.8. The lowest BCUT2D eigenvalue weighted by atomic mass is 10.1. The Morgan fingerprint density at radius 2 is 1.79 bits per heavy atom. The molecule has 9 nitrogen and oxygen atoms in total. The zero-order chi connectivity index (χ0) is 22.2. The van der Waals surface area contributed by atoms with Gasteiger partial charge in [-0.15, -0.1) is 0 Å². The monoisotopic (exact) mass is 414 g/mol. The minimum Gasteiger partial charge on any atom is -0.483 e. The molecular formula is C18H24F2N4O5. The molecule has 2 aromatic rings. The summed E-state index contributed by atoms with van der Waals surface area (Å²) in [5.41, 5.74) is 0.853. The van der Waals surface area contributed by atoms with Gasteiger partial charge in [0.25, 0.3) is 12.9 Å². The van der Waals surface area contributed by atoms with E-state index in [1.165, 1.54) is 6.33 Å². The number of benzene rings is 1. The highest BCUT2D eigenvalue weighted by Gasteiger charge is 2.17. The SMILES string of the molecule is CN(C)CCN(Cc1cnc[nH]1)C(=O)Cc1cc(F)ccc1F.O=CO.O=CO. The van der Waals surface area contributed by atoms with Crippen LogP contribution in [0.25, 0.3) is 0 Å². The van der Waals surface area contributed by atoms with Crippen LogP contribution in [0.2, 0.25) is 0 Å². The number of halogens is 2. The number of hydrogen-bond acceptors (Lipinski definition) is 5. The van der Waals surface area contributed by atoms with Crippen LogP contribution in [0, 0.1) is 11.6 Å². The van der Waals surface area contributed by atoms with Crippen LogP contribution in [0.15, 0.2) is 30.7 Å². The zero-order valence-electron chi connectivity index (χ0n) is 16.1. The Kier molecular flexibility index (Phi) is 13.0. The van der Waals surface area contributed by atoms with Crippen molar-refractivity contribution in [3.63, 3.8) is 0 Å². The number of aromatic nitrogens is 2. The normalized spacial score (nSPS) is 9.55. The molecule has 160 valence electrons. The van der Waals surface area contributed by atoms with E-state index < -0.39 is 11.6 Å². The topological polar surface area (TPSA) is 127 Å². The minimum absolute atomic E-state index is 0.0643. The second-order valence-electron chi connectivity index (χ2n) is 5.82. The van der Waals surface area contributed by atoms with Gasteiger partial charge in [-0.25, -0.2) is 13.8 Å². The third kappa shape index (κ3) is 11.2. The maximum Gasteiger partial charge on any atom is 0.290 e. The third-order valence-corrected chi connectivity index (χ3v) is 3.44. The average molecular weight is 414 g/mol. The maximum atomic E-state index is 13.7. The van der Waals surface area contributed by atoms with E-state index in [4.69, 9.17) is 19.8 Å². The summed E-state index contributed by atoms with van der Waals surface area (Å²) in [6.45, 7) is 1.01. The Morgan fingerprint density at radius 1 is 1.17 bits per heavy atom. The van der Waals surface area contributed by atoms with Crippen LogP contribution in [0.5, 0.6) is 0 Å². The summed E-state index contributed by atoms with van der Waals surface area (Å²) in [4.78, 5) is 39.7. The van der Waals surface area contributed by atoms with E-state index in [9.17, 15) is 13.6 Å². The Morgan fingerprint density at radius 3 is 2.31 bits per heavy atom. The summed E-state index contributed by atoms with van der Waals surface area (Å²) in [6, 6.07) is 3.14. The highest BCUT2D eigenvalue weighted by molar-refractivity contribution is 5.78. The zero-order valence-corrected chi connectivity index (χ0v) is 16.1. The lowest BCUT2D eigenvalue weighted by Crippen LogP contribution is -2.37. The summed E-state index contributed by atoms with van der Waals surface area (Å²) in [6.07, 6.45) is 3.00. The van der Waals surface area contributed by atoms with Gasteiger partial charge in [-0.05, 0) is 32.3 Å². The van der Waals surface area contributed by atoms with Gasteiger partial charge < -0.3 is 25.0 Å². The molecule has 0 saturated carbocycles. The van der Waals surface area contributed by atoms with Gasteiger partial charge in [0.05, 0.1) is 25.0 Å². The molecule has 2 rings (SSSR count). The summed E-state index contributed by atoms with van der Waals surface area (Å²) in [5.74, 6) is -1.39. The molecule has 0 aliphatic carbocycles. The maximum absolute atomic E-state index is 13.7.